The normalized spacial score (nSPS) is 16.4. The summed E-state index contributed by atoms with van der Waals surface area (Å²) in [5, 5.41) is 10.8. The Hall–Kier alpha value is -3.48. The first-order valence-corrected chi connectivity index (χ1v) is 9.47. The fraction of sp³-hybridized carbons (Fsp3) is 0.227. The molecular weight excluding hydrogens is 371 g/mol. The molecule has 2 heterocycles. The van der Waals surface area contributed by atoms with Crippen LogP contribution in [0.25, 0.3) is 10.9 Å². The maximum Gasteiger partial charge on any atom is 0.253 e. The lowest BCUT2D eigenvalue weighted by atomic mass is 9.86. The Labute approximate surface area is 167 Å². The smallest absolute Gasteiger partial charge is 0.253 e. The van der Waals surface area contributed by atoms with Crippen molar-refractivity contribution in [3.63, 3.8) is 0 Å². The summed E-state index contributed by atoms with van der Waals surface area (Å²) in [4.78, 5) is 25.0. The van der Waals surface area contributed by atoms with E-state index in [1.165, 1.54) is 18.3 Å². The largest absolute Gasteiger partial charge is 0.332 e. The molecule has 2 N–H and O–H groups in total. The molecule has 29 heavy (non-hydrogen) atoms. The molecule has 0 radical (unpaired) electrons. The quantitative estimate of drug-likeness (QED) is 0.715. The van der Waals surface area contributed by atoms with Gasteiger partial charge in [0.1, 0.15) is 5.82 Å². The van der Waals surface area contributed by atoms with Gasteiger partial charge in [-0.15, -0.1) is 0 Å². The summed E-state index contributed by atoms with van der Waals surface area (Å²) < 4.78 is 15.5. The second kappa shape index (κ2) is 7.50. The van der Waals surface area contributed by atoms with Crippen LogP contribution in [0.3, 0.4) is 0 Å². The van der Waals surface area contributed by atoms with E-state index in [9.17, 15) is 14.0 Å². The number of anilines is 1. The number of carbonyl (C=O) groups excluding carboxylic acids is 2. The van der Waals surface area contributed by atoms with E-state index in [2.05, 4.69) is 15.7 Å². The third kappa shape index (κ3) is 3.63. The number of halogens is 1. The number of rotatable bonds is 4. The summed E-state index contributed by atoms with van der Waals surface area (Å²) in [6.45, 7) is 2.02. The minimum absolute atomic E-state index is 0.0874. The average Bonchev–Trinajstić information content (AvgIpc) is 3.07. The van der Waals surface area contributed by atoms with Crippen LogP contribution in [0.2, 0.25) is 0 Å². The Morgan fingerprint density at radius 1 is 1.34 bits per heavy atom. The van der Waals surface area contributed by atoms with E-state index in [0.717, 1.165) is 22.9 Å². The summed E-state index contributed by atoms with van der Waals surface area (Å²) in [7, 11) is 1.85. The number of aromatic nitrogens is 2. The molecule has 7 heteroatoms. The van der Waals surface area contributed by atoms with E-state index in [-0.39, 0.29) is 18.2 Å². The van der Waals surface area contributed by atoms with Crippen LogP contribution in [0.5, 0.6) is 0 Å². The van der Waals surface area contributed by atoms with Crippen molar-refractivity contribution in [1.29, 1.82) is 0 Å². The molecular formula is C22H21FN4O2. The van der Waals surface area contributed by atoms with Crippen molar-refractivity contribution in [2.24, 2.45) is 7.05 Å². The van der Waals surface area contributed by atoms with Crippen LogP contribution < -0.4 is 10.6 Å². The molecule has 4 rings (SSSR count). The summed E-state index contributed by atoms with van der Waals surface area (Å²) >= 11 is 0. The molecule has 148 valence electrons. The van der Waals surface area contributed by atoms with Crippen LogP contribution in [0.4, 0.5) is 10.1 Å². The molecule has 1 unspecified atom stereocenters. The lowest BCUT2D eigenvalue weighted by molar-refractivity contribution is -0.121. The zero-order valence-electron chi connectivity index (χ0n) is 16.2. The number of hydrogen-bond acceptors (Lipinski definition) is 3. The third-order valence-corrected chi connectivity index (χ3v) is 5.27. The Morgan fingerprint density at radius 2 is 2.17 bits per heavy atom. The van der Waals surface area contributed by atoms with Crippen molar-refractivity contribution >= 4 is 28.4 Å². The molecule has 1 aromatic heterocycles. The highest BCUT2D eigenvalue weighted by Crippen LogP contribution is 2.32. The van der Waals surface area contributed by atoms with Gasteiger partial charge in [-0.3, -0.25) is 14.3 Å². The Kier molecular flexibility index (Phi) is 4.88. The van der Waals surface area contributed by atoms with Crippen LogP contribution >= 0.6 is 0 Å². The maximum absolute atomic E-state index is 13.7. The highest BCUT2D eigenvalue weighted by atomic mass is 19.1. The van der Waals surface area contributed by atoms with E-state index < -0.39 is 11.7 Å². The molecule has 0 spiro atoms. The number of fused-ring (bicyclic) bond motifs is 1. The second-order valence-corrected chi connectivity index (χ2v) is 7.12. The lowest BCUT2D eigenvalue weighted by Gasteiger charge is -2.24. The number of nitrogens with zero attached hydrogens (tertiary/aromatic N) is 2. The van der Waals surface area contributed by atoms with Crippen molar-refractivity contribution < 1.29 is 14.0 Å². The zero-order valence-corrected chi connectivity index (χ0v) is 16.2. The summed E-state index contributed by atoms with van der Waals surface area (Å²) in [6.07, 6.45) is 4.04. The van der Waals surface area contributed by atoms with Gasteiger partial charge in [-0.05, 0) is 41.8 Å². The molecule has 0 fully saturated rings. The van der Waals surface area contributed by atoms with E-state index in [0.29, 0.717) is 16.8 Å². The zero-order chi connectivity index (χ0) is 20.5. The highest BCUT2D eigenvalue weighted by molar-refractivity contribution is 6.07. The number of aryl methyl sites for hydroxylation is 2. The van der Waals surface area contributed by atoms with Gasteiger partial charge in [-0.25, -0.2) is 4.39 Å². The van der Waals surface area contributed by atoms with E-state index in [1.54, 1.807) is 23.0 Å². The second-order valence-electron chi connectivity index (χ2n) is 7.12. The van der Waals surface area contributed by atoms with E-state index in [4.69, 9.17) is 0 Å². The Bertz CT molecular complexity index is 1150. The van der Waals surface area contributed by atoms with Gasteiger partial charge in [0.25, 0.3) is 5.91 Å². The van der Waals surface area contributed by atoms with Crippen molar-refractivity contribution in [1.82, 2.24) is 15.1 Å². The van der Waals surface area contributed by atoms with Crippen LogP contribution in [-0.2, 0) is 23.1 Å². The molecule has 0 saturated carbocycles. The van der Waals surface area contributed by atoms with Crippen LogP contribution in [0, 0.1) is 5.82 Å². The first kappa shape index (κ1) is 18.9. The molecule has 3 aromatic rings. The van der Waals surface area contributed by atoms with Gasteiger partial charge in [0, 0.05) is 42.2 Å². The third-order valence-electron chi connectivity index (χ3n) is 5.27. The van der Waals surface area contributed by atoms with Gasteiger partial charge >= 0.3 is 0 Å². The van der Waals surface area contributed by atoms with E-state index >= 15 is 0 Å². The molecule has 2 amide bonds. The first-order valence-electron chi connectivity index (χ1n) is 9.47. The van der Waals surface area contributed by atoms with Crippen molar-refractivity contribution in [2.45, 2.75) is 25.7 Å². The Balaban J connectivity index is 1.68. The summed E-state index contributed by atoms with van der Waals surface area (Å²) in [5.41, 5.74) is 3.58. The van der Waals surface area contributed by atoms with Crippen molar-refractivity contribution in [2.75, 3.05) is 5.32 Å². The molecule has 0 saturated heterocycles. The van der Waals surface area contributed by atoms with Gasteiger partial charge in [0.15, 0.2) is 0 Å². The molecule has 1 atom stereocenters. The van der Waals surface area contributed by atoms with Crippen LogP contribution in [0.1, 0.15) is 30.4 Å². The molecule has 1 aliphatic heterocycles. The van der Waals surface area contributed by atoms with Crippen LogP contribution in [-0.4, -0.2) is 21.6 Å². The molecule has 0 aliphatic carbocycles. The predicted octanol–water partition coefficient (Wildman–Crippen LogP) is 3.40. The number of nitrogens with one attached hydrogen (secondary N) is 2. The van der Waals surface area contributed by atoms with Gasteiger partial charge < -0.3 is 10.6 Å². The Morgan fingerprint density at radius 3 is 2.93 bits per heavy atom. The minimum atomic E-state index is -0.509. The van der Waals surface area contributed by atoms with Crippen LogP contribution in [0.15, 0.2) is 54.4 Å². The standard InChI is InChI=1S/C22H21FN4O2/c1-3-13-7-15-11-25-27(2)20(15)10-19(13)26-22(29)18-12-24-21(28)9-17(18)14-5-4-6-16(23)8-14/h4-8,10-12,17H,3,9H2,1-2H3,(H,24,28)(H,26,29). The molecule has 2 aromatic carbocycles. The van der Waals surface area contributed by atoms with Gasteiger partial charge in [0.2, 0.25) is 5.91 Å². The monoisotopic (exact) mass is 392 g/mol. The number of benzene rings is 2. The van der Waals surface area contributed by atoms with Crippen molar-refractivity contribution in [3.8, 4) is 0 Å². The number of amides is 2. The number of hydrogen-bond donors (Lipinski definition) is 2. The molecule has 1 aliphatic rings. The topological polar surface area (TPSA) is 76.0 Å². The van der Waals surface area contributed by atoms with Gasteiger partial charge in [-0.2, -0.15) is 5.10 Å². The molecule has 0 bridgehead atoms. The van der Waals surface area contributed by atoms with Gasteiger partial charge in [0.05, 0.1) is 11.7 Å². The fourth-order valence-corrected chi connectivity index (χ4v) is 3.71. The highest BCUT2D eigenvalue weighted by Gasteiger charge is 2.29. The lowest BCUT2D eigenvalue weighted by Crippen LogP contribution is -2.32. The summed E-state index contributed by atoms with van der Waals surface area (Å²) in [5.74, 6) is -1.44. The SMILES string of the molecule is CCc1cc2cnn(C)c2cc1NC(=O)C1=CNC(=O)CC1c1cccc(F)c1. The number of carbonyl (C=O) groups is 2. The van der Waals surface area contributed by atoms with Gasteiger partial charge in [-0.1, -0.05) is 19.1 Å². The van der Waals surface area contributed by atoms with E-state index in [1.807, 2.05) is 26.1 Å². The maximum atomic E-state index is 13.7. The summed E-state index contributed by atoms with van der Waals surface area (Å²) in [6, 6.07) is 9.93. The first-order chi connectivity index (χ1) is 14.0. The average molecular weight is 392 g/mol. The van der Waals surface area contributed by atoms with Crippen molar-refractivity contribution in [3.05, 3.63) is 71.3 Å². The fourth-order valence-electron chi connectivity index (χ4n) is 3.71. The minimum Gasteiger partial charge on any atom is -0.332 e. The molecule has 6 nitrogen and oxygen atoms in total. The predicted molar refractivity (Wildman–Crippen MR) is 109 cm³/mol.